The Balaban J connectivity index is 1.44. The van der Waals surface area contributed by atoms with Gasteiger partial charge in [-0.3, -0.25) is 9.20 Å². The predicted octanol–water partition coefficient (Wildman–Crippen LogP) is 4.68. The second-order valence-corrected chi connectivity index (χ2v) is 7.34. The first kappa shape index (κ1) is 19.8. The van der Waals surface area contributed by atoms with Gasteiger partial charge in [-0.2, -0.15) is 13.2 Å². The van der Waals surface area contributed by atoms with Gasteiger partial charge in [-0.1, -0.05) is 35.6 Å². The molecule has 0 atom stereocenters. The molecule has 0 fully saturated rings. The monoisotopic (exact) mass is 430 g/mol. The number of benzene rings is 2. The van der Waals surface area contributed by atoms with Crippen molar-refractivity contribution in [3.63, 3.8) is 0 Å². The van der Waals surface area contributed by atoms with Crippen LogP contribution in [0.25, 0.3) is 21.3 Å². The van der Waals surface area contributed by atoms with Crippen LogP contribution in [0.5, 0.6) is 0 Å². The first-order valence-corrected chi connectivity index (χ1v) is 9.55. The van der Waals surface area contributed by atoms with Crippen LogP contribution in [0.2, 0.25) is 0 Å². The minimum atomic E-state index is -4.41. The number of nitrogens with zero attached hydrogens (tertiary/aromatic N) is 2. The largest absolute Gasteiger partial charge is 0.456 e. The predicted molar refractivity (Wildman–Crippen MR) is 107 cm³/mol. The van der Waals surface area contributed by atoms with Crippen LogP contribution in [0, 0.1) is 0 Å². The number of thiazole rings is 1. The summed E-state index contributed by atoms with van der Waals surface area (Å²) in [4.78, 5) is 29.2. The standard InChI is InChI=1S/C21H13F3N2O3S/c22-21(23,24)14-8-5-13(6-9-14)7-10-19(28)29-12-15-11-18(27)26-16-3-1-2-4-17(16)30-20(26)25-15/h1-11H,12H2. The SMILES string of the molecule is O=C(C=Cc1ccc(C(F)(F)F)cc1)OCc1cc(=O)n2c(n1)sc1ccccc12. The van der Waals surface area contributed by atoms with Gasteiger partial charge in [-0.25, -0.2) is 9.78 Å². The number of carbonyl (C=O) groups excluding carboxylic acids is 1. The Morgan fingerprint density at radius 1 is 1.13 bits per heavy atom. The number of aromatic nitrogens is 2. The van der Waals surface area contributed by atoms with Crippen molar-refractivity contribution in [2.75, 3.05) is 0 Å². The number of ether oxygens (including phenoxy) is 1. The molecule has 5 nitrogen and oxygen atoms in total. The van der Waals surface area contributed by atoms with E-state index in [4.69, 9.17) is 4.74 Å². The maximum absolute atomic E-state index is 12.6. The van der Waals surface area contributed by atoms with Crippen molar-refractivity contribution in [1.82, 2.24) is 9.38 Å². The summed E-state index contributed by atoms with van der Waals surface area (Å²) >= 11 is 1.35. The second-order valence-electron chi connectivity index (χ2n) is 6.33. The lowest BCUT2D eigenvalue weighted by molar-refractivity contribution is -0.139. The summed E-state index contributed by atoms with van der Waals surface area (Å²) in [6, 6.07) is 13.1. The molecule has 0 aliphatic rings. The Morgan fingerprint density at radius 2 is 1.87 bits per heavy atom. The normalized spacial score (nSPS) is 12.1. The van der Waals surface area contributed by atoms with Crippen LogP contribution in [0.1, 0.15) is 16.8 Å². The van der Waals surface area contributed by atoms with Gasteiger partial charge in [0.1, 0.15) is 6.61 Å². The zero-order valence-electron chi connectivity index (χ0n) is 15.2. The van der Waals surface area contributed by atoms with E-state index in [9.17, 15) is 22.8 Å². The average molecular weight is 430 g/mol. The van der Waals surface area contributed by atoms with Gasteiger partial charge in [0.05, 0.1) is 21.5 Å². The molecular formula is C21H13F3N2O3S. The van der Waals surface area contributed by atoms with Crippen LogP contribution in [-0.2, 0) is 22.3 Å². The number of rotatable bonds is 4. The third kappa shape index (κ3) is 4.11. The summed E-state index contributed by atoms with van der Waals surface area (Å²) < 4.78 is 45.2. The molecule has 0 aliphatic carbocycles. The minimum absolute atomic E-state index is 0.198. The van der Waals surface area contributed by atoms with Gasteiger partial charge in [-0.05, 0) is 35.9 Å². The van der Waals surface area contributed by atoms with E-state index >= 15 is 0 Å². The minimum Gasteiger partial charge on any atom is -0.456 e. The van der Waals surface area contributed by atoms with Crippen molar-refractivity contribution in [2.24, 2.45) is 0 Å². The highest BCUT2D eigenvalue weighted by molar-refractivity contribution is 7.23. The Hall–Kier alpha value is -3.46. The van der Waals surface area contributed by atoms with Crippen LogP contribution in [0.4, 0.5) is 13.2 Å². The molecule has 9 heteroatoms. The number of hydrogen-bond acceptors (Lipinski definition) is 5. The molecule has 30 heavy (non-hydrogen) atoms. The highest BCUT2D eigenvalue weighted by atomic mass is 32.1. The van der Waals surface area contributed by atoms with Crippen LogP contribution >= 0.6 is 11.3 Å². The summed E-state index contributed by atoms with van der Waals surface area (Å²) in [5, 5.41) is 0. The molecule has 0 saturated heterocycles. The molecule has 0 unspecified atom stereocenters. The van der Waals surface area contributed by atoms with E-state index in [0.29, 0.717) is 16.2 Å². The maximum atomic E-state index is 12.6. The van der Waals surface area contributed by atoms with Gasteiger partial charge in [0.25, 0.3) is 5.56 Å². The number of halogens is 3. The smallest absolute Gasteiger partial charge is 0.416 e. The third-order valence-corrected chi connectivity index (χ3v) is 5.28. The maximum Gasteiger partial charge on any atom is 0.416 e. The fraction of sp³-hybridized carbons (Fsp3) is 0.0952. The Bertz CT molecular complexity index is 1320. The molecule has 0 saturated carbocycles. The Morgan fingerprint density at radius 3 is 2.60 bits per heavy atom. The van der Waals surface area contributed by atoms with E-state index in [0.717, 1.165) is 28.4 Å². The van der Waals surface area contributed by atoms with E-state index < -0.39 is 17.7 Å². The van der Waals surface area contributed by atoms with Crippen molar-refractivity contribution >= 4 is 38.6 Å². The molecule has 152 valence electrons. The number of esters is 1. The van der Waals surface area contributed by atoms with Gasteiger partial charge >= 0.3 is 12.1 Å². The van der Waals surface area contributed by atoms with Gasteiger partial charge in [0.15, 0.2) is 4.96 Å². The van der Waals surface area contributed by atoms with Crippen LogP contribution in [0.15, 0.2) is 65.5 Å². The zero-order chi connectivity index (χ0) is 21.3. The molecule has 2 aromatic carbocycles. The van der Waals surface area contributed by atoms with Crippen molar-refractivity contribution in [2.45, 2.75) is 12.8 Å². The summed E-state index contributed by atoms with van der Waals surface area (Å²) in [6.45, 7) is -0.198. The Kier molecular flexibility index (Phi) is 5.13. The van der Waals surface area contributed by atoms with E-state index in [-0.39, 0.29) is 12.2 Å². The van der Waals surface area contributed by atoms with E-state index in [1.807, 2.05) is 24.3 Å². The molecule has 0 aliphatic heterocycles. The number of fused-ring (bicyclic) bond motifs is 3. The molecular weight excluding hydrogens is 417 g/mol. The summed E-state index contributed by atoms with van der Waals surface area (Å²) in [7, 11) is 0. The highest BCUT2D eigenvalue weighted by Crippen LogP contribution is 2.29. The summed E-state index contributed by atoms with van der Waals surface area (Å²) in [5.41, 5.74) is 0.448. The average Bonchev–Trinajstić information content (AvgIpc) is 3.09. The molecule has 4 rings (SSSR count). The molecule has 0 amide bonds. The lowest BCUT2D eigenvalue weighted by Crippen LogP contribution is -2.14. The van der Waals surface area contributed by atoms with Gasteiger partial charge < -0.3 is 4.74 Å². The molecule has 0 N–H and O–H groups in total. The number of para-hydroxylation sites is 1. The highest BCUT2D eigenvalue weighted by Gasteiger charge is 2.29. The lowest BCUT2D eigenvalue weighted by Gasteiger charge is -2.06. The van der Waals surface area contributed by atoms with Crippen LogP contribution in [-0.4, -0.2) is 15.4 Å². The fourth-order valence-electron chi connectivity index (χ4n) is 2.84. The van der Waals surface area contributed by atoms with Crippen molar-refractivity contribution < 1.29 is 22.7 Å². The van der Waals surface area contributed by atoms with E-state index in [2.05, 4.69) is 4.98 Å². The first-order chi connectivity index (χ1) is 14.3. The van der Waals surface area contributed by atoms with Crippen molar-refractivity contribution in [3.8, 4) is 0 Å². The van der Waals surface area contributed by atoms with Gasteiger partial charge in [0.2, 0.25) is 0 Å². The Labute approximate surface area is 171 Å². The first-order valence-electron chi connectivity index (χ1n) is 8.73. The molecule has 2 aromatic heterocycles. The summed E-state index contributed by atoms with van der Waals surface area (Å²) in [5.74, 6) is -0.701. The topological polar surface area (TPSA) is 60.7 Å². The van der Waals surface area contributed by atoms with Crippen LogP contribution < -0.4 is 5.56 Å². The van der Waals surface area contributed by atoms with E-state index in [1.54, 1.807) is 0 Å². The quantitative estimate of drug-likeness (QED) is 0.348. The number of carbonyl (C=O) groups is 1. The number of alkyl halides is 3. The molecule has 0 spiro atoms. The summed E-state index contributed by atoms with van der Waals surface area (Å²) in [6.07, 6.45) is -1.96. The fourth-order valence-corrected chi connectivity index (χ4v) is 3.89. The lowest BCUT2D eigenvalue weighted by atomic mass is 10.1. The van der Waals surface area contributed by atoms with Crippen LogP contribution in [0.3, 0.4) is 0 Å². The van der Waals surface area contributed by atoms with Crippen molar-refractivity contribution in [3.05, 3.63) is 87.8 Å². The van der Waals surface area contributed by atoms with Gasteiger partial charge in [-0.15, -0.1) is 0 Å². The third-order valence-electron chi connectivity index (χ3n) is 4.26. The molecule has 4 aromatic rings. The molecule has 0 bridgehead atoms. The second kappa shape index (κ2) is 7.75. The molecule has 0 radical (unpaired) electrons. The zero-order valence-corrected chi connectivity index (χ0v) is 16.0. The van der Waals surface area contributed by atoms with E-state index in [1.165, 1.54) is 40.0 Å². The molecule has 2 heterocycles. The van der Waals surface area contributed by atoms with Gasteiger partial charge in [0, 0.05) is 12.1 Å². The van der Waals surface area contributed by atoms with Crippen molar-refractivity contribution in [1.29, 1.82) is 0 Å². The number of hydrogen-bond donors (Lipinski definition) is 0.